The van der Waals surface area contributed by atoms with Crippen molar-refractivity contribution in [1.82, 2.24) is 9.88 Å². The standard InChI is InChI=1S/C36H49N3O2S/c1-8-10-29(12-11-28(7)26(3)4)22-39(9-2)33-19-17-32(18-20-33)34-25-42-35(37-34)23-38(24-36(40)41)21-30-13-15-31(16-14-30)27(5)6/h10-20,25-28H,8-9,21-24H2,1-7H3,(H,40,41)/b12-11-,29-10+. The molecule has 0 radical (unpaired) electrons. The molecule has 1 unspecified atom stereocenters. The lowest BCUT2D eigenvalue weighted by atomic mass is 9.97. The van der Waals surface area contributed by atoms with Gasteiger partial charge in [-0.2, -0.15) is 0 Å². The summed E-state index contributed by atoms with van der Waals surface area (Å²) < 4.78 is 0. The van der Waals surface area contributed by atoms with Crippen molar-refractivity contribution in [1.29, 1.82) is 0 Å². The molecule has 42 heavy (non-hydrogen) atoms. The second-order valence-corrected chi connectivity index (χ2v) is 12.7. The third-order valence-corrected chi connectivity index (χ3v) is 8.57. The maximum Gasteiger partial charge on any atom is 0.317 e. The van der Waals surface area contributed by atoms with Gasteiger partial charge >= 0.3 is 5.97 Å². The van der Waals surface area contributed by atoms with Crippen molar-refractivity contribution >= 4 is 23.0 Å². The van der Waals surface area contributed by atoms with E-state index in [0.717, 1.165) is 41.3 Å². The Morgan fingerprint density at radius 2 is 1.64 bits per heavy atom. The molecule has 0 spiro atoms. The zero-order valence-electron chi connectivity index (χ0n) is 26.5. The van der Waals surface area contributed by atoms with E-state index >= 15 is 0 Å². The molecule has 1 N–H and O–H groups in total. The van der Waals surface area contributed by atoms with Crippen molar-refractivity contribution in [3.8, 4) is 11.3 Å². The predicted molar refractivity (Wildman–Crippen MR) is 179 cm³/mol. The number of carboxylic acid groups (broad SMARTS) is 1. The molecule has 0 aliphatic rings. The number of rotatable bonds is 16. The van der Waals surface area contributed by atoms with Crippen LogP contribution in [0.3, 0.4) is 0 Å². The van der Waals surface area contributed by atoms with Crippen LogP contribution in [0, 0.1) is 11.8 Å². The summed E-state index contributed by atoms with van der Waals surface area (Å²) in [7, 11) is 0. The zero-order valence-corrected chi connectivity index (χ0v) is 27.3. The van der Waals surface area contributed by atoms with Gasteiger partial charge in [-0.1, -0.05) is 96.2 Å². The van der Waals surface area contributed by atoms with Gasteiger partial charge in [0.05, 0.1) is 18.8 Å². The summed E-state index contributed by atoms with van der Waals surface area (Å²) in [5.41, 5.74) is 6.93. The monoisotopic (exact) mass is 587 g/mol. The molecule has 5 nitrogen and oxygen atoms in total. The molecule has 0 fully saturated rings. The number of benzene rings is 2. The molecule has 3 rings (SSSR count). The number of allylic oxidation sites excluding steroid dienone is 2. The second kappa shape index (κ2) is 16.4. The van der Waals surface area contributed by atoms with Crippen LogP contribution in [0.25, 0.3) is 11.3 Å². The van der Waals surface area contributed by atoms with Gasteiger partial charge < -0.3 is 10.0 Å². The number of nitrogens with zero attached hydrogens (tertiary/aromatic N) is 3. The lowest BCUT2D eigenvalue weighted by Gasteiger charge is -2.24. The summed E-state index contributed by atoms with van der Waals surface area (Å²) in [4.78, 5) is 20.8. The summed E-state index contributed by atoms with van der Waals surface area (Å²) >= 11 is 1.58. The Hall–Kier alpha value is -3.22. The number of thiazole rings is 1. The first-order valence-corrected chi connectivity index (χ1v) is 16.2. The minimum absolute atomic E-state index is 0.0254. The maximum absolute atomic E-state index is 11.6. The second-order valence-electron chi connectivity index (χ2n) is 11.8. The highest BCUT2D eigenvalue weighted by Gasteiger charge is 2.15. The Kier molecular flexibility index (Phi) is 13.0. The highest BCUT2D eigenvalue weighted by Crippen LogP contribution is 2.27. The van der Waals surface area contributed by atoms with E-state index in [2.05, 4.69) is 126 Å². The number of hydrogen-bond acceptors (Lipinski definition) is 5. The Bertz CT molecular complexity index is 1310. The quantitative estimate of drug-likeness (QED) is 0.169. The molecule has 0 saturated heterocycles. The van der Waals surface area contributed by atoms with E-state index in [0.29, 0.717) is 30.8 Å². The maximum atomic E-state index is 11.6. The highest BCUT2D eigenvalue weighted by molar-refractivity contribution is 7.09. The van der Waals surface area contributed by atoms with Crippen LogP contribution in [0.4, 0.5) is 5.69 Å². The van der Waals surface area contributed by atoms with Crippen LogP contribution in [-0.2, 0) is 17.9 Å². The van der Waals surface area contributed by atoms with E-state index in [1.54, 1.807) is 11.3 Å². The van der Waals surface area contributed by atoms with Crippen molar-refractivity contribution in [3.63, 3.8) is 0 Å². The van der Waals surface area contributed by atoms with Crippen LogP contribution in [0.1, 0.15) is 76.9 Å². The summed E-state index contributed by atoms with van der Waals surface area (Å²) in [6.45, 7) is 18.4. The molecule has 0 saturated carbocycles. The van der Waals surface area contributed by atoms with Gasteiger partial charge in [-0.15, -0.1) is 11.3 Å². The van der Waals surface area contributed by atoms with E-state index < -0.39 is 5.97 Å². The largest absolute Gasteiger partial charge is 0.480 e. The van der Waals surface area contributed by atoms with Crippen molar-refractivity contribution in [3.05, 3.63) is 93.8 Å². The normalized spacial score (nSPS) is 13.0. The van der Waals surface area contributed by atoms with Gasteiger partial charge in [0.15, 0.2) is 0 Å². The number of hydrogen-bond donors (Lipinski definition) is 1. The molecule has 226 valence electrons. The summed E-state index contributed by atoms with van der Waals surface area (Å²) in [5.74, 6) is 0.823. The molecule has 2 aromatic carbocycles. The number of carbonyl (C=O) groups is 1. The van der Waals surface area contributed by atoms with Gasteiger partial charge in [-0.3, -0.25) is 9.69 Å². The first-order chi connectivity index (χ1) is 20.1. The van der Waals surface area contributed by atoms with Gasteiger partial charge in [-0.05, 0) is 59.9 Å². The molecule has 1 aromatic heterocycles. The molecule has 0 amide bonds. The molecule has 3 aromatic rings. The third-order valence-electron chi connectivity index (χ3n) is 7.74. The molecule has 0 bridgehead atoms. The van der Waals surface area contributed by atoms with Crippen molar-refractivity contribution in [2.24, 2.45) is 11.8 Å². The van der Waals surface area contributed by atoms with Crippen LogP contribution in [0.5, 0.6) is 0 Å². The molecule has 1 atom stereocenters. The molecule has 0 aliphatic heterocycles. The van der Waals surface area contributed by atoms with Gasteiger partial charge in [0, 0.05) is 36.3 Å². The van der Waals surface area contributed by atoms with E-state index in [9.17, 15) is 9.90 Å². The van der Waals surface area contributed by atoms with Crippen LogP contribution in [-0.4, -0.2) is 40.6 Å². The predicted octanol–water partition coefficient (Wildman–Crippen LogP) is 9.03. The minimum Gasteiger partial charge on any atom is -0.480 e. The van der Waals surface area contributed by atoms with Gasteiger partial charge in [-0.25, -0.2) is 4.98 Å². The summed E-state index contributed by atoms with van der Waals surface area (Å²) in [6.07, 6.45) is 7.98. The molecule has 6 heteroatoms. The van der Waals surface area contributed by atoms with E-state index in [1.165, 1.54) is 16.8 Å². The summed E-state index contributed by atoms with van der Waals surface area (Å²) in [5, 5.41) is 12.5. The van der Waals surface area contributed by atoms with Crippen molar-refractivity contribution in [2.45, 2.75) is 73.9 Å². The summed E-state index contributed by atoms with van der Waals surface area (Å²) in [6, 6.07) is 17.1. The number of likely N-dealkylation sites (N-methyl/N-ethyl adjacent to an activating group) is 1. The Balaban J connectivity index is 1.69. The van der Waals surface area contributed by atoms with Gasteiger partial charge in [0.25, 0.3) is 0 Å². The molecule has 0 aliphatic carbocycles. The first-order valence-electron chi connectivity index (χ1n) is 15.3. The van der Waals surface area contributed by atoms with Gasteiger partial charge in [0.1, 0.15) is 5.01 Å². The van der Waals surface area contributed by atoms with Crippen LogP contribution < -0.4 is 4.90 Å². The van der Waals surface area contributed by atoms with E-state index in [4.69, 9.17) is 4.98 Å². The zero-order chi connectivity index (χ0) is 30.6. The number of anilines is 1. The van der Waals surface area contributed by atoms with E-state index in [1.807, 2.05) is 4.90 Å². The topological polar surface area (TPSA) is 56.7 Å². The number of aliphatic carboxylic acids is 1. The molecular weight excluding hydrogens is 538 g/mol. The Morgan fingerprint density at radius 3 is 2.21 bits per heavy atom. The number of carboxylic acids is 1. The fourth-order valence-corrected chi connectivity index (χ4v) is 5.57. The molecule has 1 heterocycles. The molecular formula is C36H49N3O2S. The Labute approximate surface area is 257 Å². The SMILES string of the molecule is CC/C=C(\C=C/C(C)C(C)C)CN(CC)c1ccc(-c2csc(CN(CC(=O)O)Cc3ccc(C(C)C)cc3)n2)cc1. The highest BCUT2D eigenvalue weighted by atomic mass is 32.1. The van der Waals surface area contributed by atoms with Crippen LogP contribution in [0.15, 0.2) is 77.7 Å². The first kappa shape index (κ1) is 33.3. The van der Waals surface area contributed by atoms with Crippen molar-refractivity contribution < 1.29 is 9.90 Å². The average Bonchev–Trinajstić information content (AvgIpc) is 3.42. The smallest absolute Gasteiger partial charge is 0.317 e. The van der Waals surface area contributed by atoms with E-state index in [-0.39, 0.29) is 6.54 Å². The van der Waals surface area contributed by atoms with Crippen LogP contribution >= 0.6 is 11.3 Å². The van der Waals surface area contributed by atoms with Crippen molar-refractivity contribution in [2.75, 3.05) is 24.5 Å². The fraction of sp³-hybridized carbons (Fsp3) is 0.444. The average molecular weight is 588 g/mol. The lowest BCUT2D eigenvalue weighted by Crippen LogP contribution is -2.28. The Morgan fingerprint density at radius 1 is 0.952 bits per heavy atom. The number of aromatic nitrogens is 1. The van der Waals surface area contributed by atoms with Gasteiger partial charge in [0.2, 0.25) is 0 Å². The fourth-order valence-electron chi connectivity index (χ4n) is 4.73. The van der Waals surface area contributed by atoms with Crippen LogP contribution in [0.2, 0.25) is 0 Å². The minimum atomic E-state index is -0.830. The lowest BCUT2D eigenvalue weighted by molar-refractivity contribution is -0.138. The third kappa shape index (κ3) is 10.2.